The summed E-state index contributed by atoms with van der Waals surface area (Å²) in [5.74, 6) is -1.71. The van der Waals surface area contributed by atoms with Gasteiger partial charge in [0, 0.05) is 11.7 Å². The lowest BCUT2D eigenvalue weighted by molar-refractivity contribution is -0.149. The number of nitrogens with zero attached hydrogens (tertiary/aromatic N) is 4. The number of aliphatic hydroxyl groups is 1. The van der Waals surface area contributed by atoms with Gasteiger partial charge in [0.15, 0.2) is 11.2 Å². The summed E-state index contributed by atoms with van der Waals surface area (Å²) in [6.07, 6.45) is -1.70. The smallest absolute Gasteiger partial charge is 0.327 e. The van der Waals surface area contributed by atoms with Gasteiger partial charge in [-0.1, -0.05) is 18.3 Å². The fourth-order valence-electron chi connectivity index (χ4n) is 4.24. The minimum atomic E-state index is -3.94. The molecule has 0 aromatic carbocycles. The maximum absolute atomic E-state index is 13.9. The lowest BCUT2D eigenvalue weighted by atomic mass is 10.0. The van der Waals surface area contributed by atoms with E-state index >= 15 is 0 Å². The number of rotatable bonds is 12. The number of nitrogen functional groups attached to an aromatic ring is 1. The van der Waals surface area contributed by atoms with Gasteiger partial charge in [0.2, 0.25) is 11.8 Å². The Morgan fingerprint density at radius 1 is 1.34 bits per heavy atom. The van der Waals surface area contributed by atoms with Gasteiger partial charge in [-0.05, 0) is 20.8 Å². The van der Waals surface area contributed by atoms with Crippen LogP contribution in [0, 0.1) is 5.92 Å². The summed E-state index contributed by atoms with van der Waals surface area (Å²) in [5.41, 5.74) is 6.49. The number of nitrogens with two attached hydrogens (primary N) is 1. The van der Waals surface area contributed by atoms with Crippen LogP contribution >= 0.6 is 18.1 Å². The third-order valence-corrected chi connectivity index (χ3v) is 10.4. The topological polar surface area (TPSA) is 231 Å². The number of esters is 1. The largest absolute Gasteiger partial charge is 0.479 e. The van der Waals surface area contributed by atoms with Gasteiger partial charge in [-0.15, -0.1) is 0 Å². The monoisotopic (exact) mass is 616 g/mol. The number of methoxy groups -OCH3 is 1. The quantitative estimate of drug-likeness (QED) is 0.123. The van der Waals surface area contributed by atoms with E-state index < -0.39 is 67.2 Å². The van der Waals surface area contributed by atoms with Crippen molar-refractivity contribution in [2.75, 3.05) is 25.2 Å². The second-order valence-corrected chi connectivity index (χ2v) is 14.1. The van der Waals surface area contributed by atoms with Crippen LogP contribution in [0.1, 0.15) is 33.9 Å². The molecule has 17 nitrogen and oxygen atoms in total. The first-order valence-corrected chi connectivity index (χ1v) is 15.9. The molecule has 0 aliphatic carbocycles. The van der Waals surface area contributed by atoms with E-state index in [1.807, 2.05) is 0 Å². The molecule has 226 valence electrons. The first-order valence-electron chi connectivity index (χ1n) is 12.7. The van der Waals surface area contributed by atoms with Gasteiger partial charge in [-0.3, -0.25) is 24.0 Å². The van der Waals surface area contributed by atoms with E-state index in [2.05, 4.69) is 30.7 Å². The third kappa shape index (κ3) is 6.90. The number of aromatic nitrogens is 4. The Bertz CT molecular complexity index is 1360. The van der Waals surface area contributed by atoms with E-state index in [0.717, 1.165) is 11.4 Å². The lowest BCUT2D eigenvalue weighted by Crippen LogP contribution is -2.37. The number of aliphatic hydroxyl groups excluding tert-OH is 1. The van der Waals surface area contributed by atoms with Gasteiger partial charge < -0.3 is 34.9 Å². The van der Waals surface area contributed by atoms with E-state index in [-0.39, 0.29) is 24.2 Å². The van der Waals surface area contributed by atoms with Gasteiger partial charge >= 0.3 is 18.7 Å². The molecule has 4 heterocycles. The summed E-state index contributed by atoms with van der Waals surface area (Å²) in [7, 11) is 1.42. The maximum atomic E-state index is 13.9. The SMILES string of the molecule is COc1nc(N)nc2c1ncn2[C@@H]1O[C@H](COP(=O)(N[C@H](C)C(=O)OC(C)C)SCC2NC(=O)NC2=O)[C@@H](O)[C@@H]1C. The van der Waals surface area contributed by atoms with Crippen LogP contribution in [-0.2, 0) is 28.2 Å². The number of imidazole rings is 1. The summed E-state index contributed by atoms with van der Waals surface area (Å²) in [5, 5.41) is 18.2. The minimum absolute atomic E-state index is 0.0385. The number of ether oxygens (including phenoxy) is 3. The molecule has 4 rings (SSSR count). The number of imide groups is 1. The molecule has 2 aromatic rings. The standard InChI is InChI=1S/C22H33N8O9PS/c1-9(2)38-20(33)11(4)29-40(35,41-7-12-17(32)27-22(34)25-12)37-6-13-15(31)10(3)19(39-13)30-8-24-14-16(30)26-21(23)28-18(14)36-5/h8-13,15,19,31H,6-7H2,1-5H3,(H,29,35)(H2,23,26,28)(H2,25,27,32,34)/t10-,11+,12?,13+,15-,19+,40?/m0/s1. The number of urea groups is 1. The molecule has 3 amide bonds. The van der Waals surface area contributed by atoms with Crippen molar-refractivity contribution in [1.29, 1.82) is 0 Å². The van der Waals surface area contributed by atoms with Crippen molar-refractivity contribution < 1.29 is 42.8 Å². The number of hydrogen-bond donors (Lipinski definition) is 5. The Kier molecular flexibility index (Phi) is 9.40. The minimum Gasteiger partial charge on any atom is -0.479 e. The Balaban J connectivity index is 1.49. The molecule has 2 unspecified atom stereocenters. The van der Waals surface area contributed by atoms with E-state index in [1.54, 1.807) is 25.3 Å². The van der Waals surface area contributed by atoms with Crippen LogP contribution in [0.15, 0.2) is 6.33 Å². The molecular formula is C22H33N8O9PS. The Morgan fingerprint density at radius 2 is 2.07 bits per heavy atom. The van der Waals surface area contributed by atoms with Crippen molar-refractivity contribution in [1.82, 2.24) is 35.2 Å². The van der Waals surface area contributed by atoms with Crippen LogP contribution < -0.4 is 26.2 Å². The van der Waals surface area contributed by atoms with Crippen LogP contribution in [0.25, 0.3) is 11.2 Å². The zero-order valence-corrected chi connectivity index (χ0v) is 24.7. The average Bonchev–Trinajstić information content (AvgIpc) is 3.55. The second kappa shape index (κ2) is 12.5. The molecule has 6 N–H and O–H groups in total. The van der Waals surface area contributed by atoms with Gasteiger partial charge in [-0.2, -0.15) is 9.97 Å². The Morgan fingerprint density at radius 3 is 2.71 bits per heavy atom. The predicted molar refractivity (Wildman–Crippen MR) is 146 cm³/mol. The predicted octanol–water partition coefficient (Wildman–Crippen LogP) is 0.307. The van der Waals surface area contributed by atoms with Crippen molar-refractivity contribution >= 4 is 53.1 Å². The highest BCUT2D eigenvalue weighted by molar-refractivity contribution is 8.56. The van der Waals surface area contributed by atoms with E-state index in [0.29, 0.717) is 11.2 Å². The van der Waals surface area contributed by atoms with Crippen LogP contribution in [-0.4, -0.2) is 92.4 Å². The molecule has 7 atom stereocenters. The van der Waals surface area contributed by atoms with Crippen LogP contribution in [0.5, 0.6) is 5.88 Å². The molecule has 2 aromatic heterocycles. The zero-order chi connectivity index (χ0) is 30.1. The Hall–Kier alpha value is -3.02. The fraction of sp³-hybridized carbons (Fsp3) is 0.636. The van der Waals surface area contributed by atoms with E-state index in [4.69, 9.17) is 24.5 Å². The molecule has 2 aliphatic heterocycles. The maximum Gasteiger partial charge on any atom is 0.327 e. The third-order valence-electron chi connectivity index (χ3n) is 6.29. The molecule has 2 saturated heterocycles. The number of anilines is 1. The molecule has 2 fully saturated rings. The molecule has 0 radical (unpaired) electrons. The summed E-state index contributed by atoms with van der Waals surface area (Å²) in [6.45, 7) is 2.27. The summed E-state index contributed by atoms with van der Waals surface area (Å²) in [4.78, 5) is 48.4. The summed E-state index contributed by atoms with van der Waals surface area (Å²) in [6, 6.07) is -2.67. The normalized spacial score (nSPS) is 26.6. The lowest BCUT2D eigenvalue weighted by Gasteiger charge is -2.25. The number of hydrogen-bond acceptors (Lipinski definition) is 14. The molecule has 41 heavy (non-hydrogen) atoms. The first kappa shape index (κ1) is 30.9. The highest BCUT2D eigenvalue weighted by atomic mass is 32.7. The number of amides is 3. The van der Waals surface area contributed by atoms with Gasteiger partial charge in [0.1, 0.15) is 24.4 Å². The fourth-order valence-corrected chi connectivity index (χ4v) is 8.11. The van der Waals surface area contributed by atoms with Crippen LogP contribution in [0.4, 0.5) is 10.7 Å². The van der Waals surface area contributed by atoms with Crippen LogP contribution in [0.2, 0.25) is 0 Å². The van der Waals surface area contributed by atoms with Crippen molar-refractivity contribution in [2.24, 2.45) is 5.92 Å². The molecule has 19 heteroatoms. The average molecular weight is 617 g/mol. The molecule has 2 aliphatic rings. The van der Waals surface area contributed by atoms with E-state index in [9.17, 15) is 24.1 Å². The van der Waals surface area contributed by atoms with Crippen molar-refractivity contribution in [2.45, 2.75) is 64.3 Å². The van der Waals surface area contributed by atoms with Crippen LogP contribution in [0.3, 0.4) is 0 Å². The first-order chi connectivity index (χ1) is 19.3. The summed E-state index contributed by atoms with van der Waals surface area (Å²) < 4.78 is 37.7. The highest BCUT2D eigenvalue weighted by Crippen LogP contribution is 2.57. The van der Waals surface area contributed by atoms with E-state index in [1.165, 1.54) is 20.4 Å². The highest BCUT2D eigenvalue weighted by Gasteiger charge is 2.44. The number of nitrogens with one attached hydrogen (secondary N) is 3. The number of carbonyl (C=O) groups is 3. The van der Waals surface area contributed by atoms with Gasteiger partial charge in [0.25, 0.3) is 5.91 Å². The zero-order valence-electron chi connectivity index (χ0n) is 23.0. The van der Waals surface area contributed by atoms with Gasteiger partial charge in [-0.25, -0.2) is 14.9 Å². The Labute approximate surface area is 238 Å². The second-order valence-electron chi connectivity index (χ2n) is 9.77. The molecule has 0 bridgehead atoms. The number of carbonyl (C=O) groups excluding carboxylic acids is 3. The van der Waals surface area contributed by atoms with Crippen molar-refractivity contribution in [3.05, 3.63) is 6.33 Å². The van der Waals surface area contributed by atoms with Crippen molar-refractivity contribution in [3.8, 4) is 5.88 Å². The molecular weight excluding hydrogens is 583 g/mol. The number of fused-ring (bicyclic) bond motifs is 1. The van der Waals surface area contributed by atoms with Crippen molar-refractivity contribution in [3.63, 3.8) is 0 Å². The molecule has 0 saturated carbocycles. The molecule has 0 spiro atoms. The van der Waals surface area contributed by atoms with Gasteiger partial charge in [0.05, 0.1) is 32.3 Å². The summed E-state index contributed by atoms with van der Waals surface area (Å²) >= 11 is 0.725.